The van der Waals surface area contributed by atoms with Crippen molar-refractivity contribution < 1.29 is 9.47 Å². The second-order valence-electron chi connectivity index (χ2n) is 5.34. The molecule has 3 nitrogen and oxygen atoms in total. The molecule has 0 radical (unpaired) electrons. The number of benzene rings is 1. The van der Waals surface area contributed by atoms with Gasteiger partial charge in [-0.25, -0.2) is 0 Å². The number of fused-ring (bicyclic) bond motifs is 3. The van der Waals surface area contributed by atoms with E-state index in [1.54, 1.807) is 6.26 Å². The Balaban J connectivity index is 2.15. The van der Waals surface area contributed by atoms with Crippen LogP contribution in [0.2, 0.25) is 0 Å². The Morgan fingerprint density at radius 2 is 2.11 bits per heavy atom. The van der Waals surface area contributed by atoms with Crippen LogP contribution in [0.4, 0.5) is 0 Å². The smallest absolute Gasteiger partial charge is 0.123 e. The summed E-state index contributed by atoms with van der Waals surface area (Å²) in [6, 6.07) is 10.2. The second-order valence-corrected chi connectivity index (χ2v) is 5.34. The molecular weight excluding hydrogens is 226 g/mol. The Bertz CT molecular complexity index is 554. The number of nitrogens with zero attached hydrogens (tertiary/aromatic N) is 1. The molecule has 0 fully saturated rings. The molecule has 0 spiro atoms. The van der Waals surface area contributed by atoms with Gasteiger partial charge >= 0.3 is 0 Å². The van der Waals surface area contributed by atoms with Crippen molar-refractivity contribution in [3.63, 3.8) is 0 Å². The minimum atomic E-state index is -0.307. The van der Waals surface area contributed by atoms with E-state index in [0.717, 1.165) is 11.3 Å². The van der Waals surface area contributed by atoms with Crippen LogP contribution >= 0.6 is 0 Å². The van der Waals surface area contributed by atoms with Gasteiger partial charge in [-0.3, -0.25) is 0 Å². The van der Waals surface area contributed by atoms with Crippen LogP contribution in [0.25, 0.3) is 0 Å². The number of ether oxygens (including phenoxy) is 2. The molecule has 0 bridgehead atoms. The fourth-order valence-corrected chi connectivity index (χ4v) is 2.82. The van der Waals surface area contributed by atoms with Crippen molar-refractivity contribution in [2.45, 2.75) is 25.4 Å². The Morgan fingerprint density at radius 1 is 1.33 bits per heavy atom. The lowest BCUT2D eigenvalue weighted by Crippen LogP contribution is -2.45. The topological polar surface area (TPSA) is 42.2 Å². The SMILES string of the molecule is CC1(C)OC=C(C#N)C2c3ccccc3OCC21. The lowest BCUT2D eigenvalue weighted by molar-refractivity contribution is -0.0452. The van der Waals surface area contributed by atoms with Gasteiger partial charge < -0.3 is 9.47 Å². The van der Waals surface area contributed by atoms with Gasteiger partial charge in [0.05, 0.1) is 24.5 Å². The summed E-state index contributed by atoms with van der Waals surface area (Å²) in [5.41, 5.74) is 1.48. The molecule has 18 heavy (non-hydrogen) atoms. The largest absolute Gasteiger partial charge is 0.494 e. The van der Waals surface area contributed by atoms with Gasteiger partial charge in [0.1, 0.15) is 11.4 Å². The number of nitriles is 1. The van der Waals surface area contributed by atoms with Gasteiger partial charge in [0.2, 0.25) is 0 Å². The zero-order chi connectivity index (χ0) is 12.8. The second kappa shape index (κ2) is 3.78. The van der Waals surface area contributed by atoms with Gasteiger partial charge in [0.25, 0.3) is 0 Å². The van der Waals surface area contributed by atoms with Crippen molar-refractivity contribution in [1.29, 1.82) is 5.26 Å². The van der Waals surface area contributed by atoms with E-state index in [9.17, 15) is 5.26 Å². The maximum Gasteiger partial charge on any atom is 0.123 e. The molecule has 0 saturated heterocycles. The molecule has 0 aliphatic carbocycles. The van der Waals surface area contributed by atoms with Crippen molar-refractivity contribution in [3.8, 4) is 11.8 Å². The van der Waals surface area contributed by atoms with Crippen molar-refractivity contribution in [2.24, 2.45) is 5.92 Å². The Kier molecular flexibility index (Phi) is 2.34. The Hall–Kier alpha value is -1.95. The fraction of sp³-hybridized carbons (Fsp3) is 0.400. The van der Waals surface area contributed by atoms with E-state index in [0.29, 0.717) is 12.2 Å². The number of rotatable bonds is 0. The summed E-state index contributed by atoms with van der Waals surface area (Å²) in [5, 5.41) is 9.29. The molecule has 1 aromatic carbocycles. The van der Waals surface area contributed by atoms with E-state index in [2.05, 4.69) is 6.07 Å². The molecule has 0 aromatic heterocycles. The molecule has 2 unspecified atom stereocenters. The molecule has 3 heteroatoms. The monoisotopic (exact) mass is 241 g/mol. The molecule has 0 amide bonds. The summed E-state index contributed by atoms with van der Waals surface area (Å²) in [7, 11) is 0. The number of hydrogen-bond acceptors (Lipinski definition) is 3. The highest BCUT2D eigenvalue weighted by atomic mass is 16.5. The third kappa shape index (κ3) is 1.49. The summed E-state index contributed by atoms with van der Waals surface area (Å²) in [6.07, 6.45) is 1.61. The van der Waals surface area contributed by atoms with Crippen LogP contribution in [-0.2, 0) is 4.74 Å². The van der Waals surface area contributed by atoms with Crippen LogP contribution < -0.4 is 4.74 Å². The van der Waals surface area contributed by atoms with E-state index in [1.807, 2.05) is 38.1 Å². The molecule has 2 aliphatic heterocycles. The van der Waals surface area contributed by atoms with Crippen LogP contribution in [0.15, 0.2) is 36.1 Å². The summed E-state index contributed by atoms with van der Waals surface area (Å²) >= 11 is 0. The van der Waals surface area contributed by atoms with E-state index in [-0.39, 0.29) is 17.4 Å². The standard InChI is InChI=1S/C15H15NO2/c1-15(2)12-9-17-13-6-4-3-5-11(13)14(12)10(7-16)8-18-15/h3-6,8,12,14H,9H2,1-2H3. The van der Waals surface area contributed by atoms with Gasteiger partial charge in [-0.15, -0.1) is 0 Å². The number of para-hydroxylation sites is 1. The van der Waals surface area contributed by atoms with E-state index in [1.165, 1.54) is 0 Å². The van der Waals surface area contributed by atoms with Crippen molar-refractivity contribution in [2.75, 3.05) is 6.61 Å². The average Bonchev–Trinajstić information content (AvgIpc) is 2.38. The van der Waals surface area contributed by atoms with Crippen molar-refractivity contribution >= 4 is 0 Å². The molecule has 0 saturated carbocycles. The van der Waals surface area contributed by atoms with E-state index < -0.39 is 0 Å². The van der Waals surface area contributed by atoms with Crippen LogP contribution in [0.3, 0.4) is 0 Å². The van der Waals surface area contributed by atoms with Crippen LogP contribution in [0, 0.1) is 17.2 Å². The summed E-state index contributed by atoms with van der Waals surface area (Å²) in [4.78, 5) is 0. The quantitative estimate of drug-likeness (QED) is 0.701. The van der Waals surface area contributed by atoms with Gasteiger partial charge in [-0.2, -0.15) is 5.26 Å². The zero-order valence-corrected chi connectivity index (χ0v) is 10.5. The third-order valence-electron chi connectivity index (χ3n) is 3.92. The Morgan fingerprint density at radius 3 is 2.89 bits per heavy atom. The summed E-state index contributed by atoms with van der Waals surface area (Å²) in [5.74, 6) is 1.15. The molecule has 2 aliphatic rings. The van der Waals surface area contributed by atoms with Gasteiger partial charge in [-0.05, 0) is 19.9 Å². The highest BCUT2D eigenvalue weighted by molar-refractivity contribution is 5.47. The molecule has 2 atom stereocenters. The first-order valence-electron chi connectivity index (χ1n) is 6.13. The zero-order valence-electron chi connectivity index (χ0n) is 10.5. The lowest BCUT2D eigenvalue weighted by atomic mass is 9.71. The van der Waals surface area contributed by atoms with Gasteiger partial charge in [0.15, 0.2) is 0 Å². The van der Waals surface area contributed by atoms with E-state index in [4.69, 9.17) is 9.47 Å². The van der Waals surface area contributed by atoms with Crippen LogP contribution in [-0.4, -0.2) is 12.2 Å². The minimum Gasteiger partial charge on any atom is -0.494 e. The molecule has 2 heterocycles. The van der Waals surface area contributed by atoms with Crippen molar-refractivity contribution in [3.05, 3.63) is 41.7 Å². The van der Waals surface area contributed by atoms with Gasteiger partial charge in [0, 0.05) is 17.4 Å². The predicted octanol–water partition coefficient (Wildman–Crippen LogP) is 3.00. The maximum atomic E-state index is 9.29. The normalized spacial score (nSPS) is 27.7. The maximum absolute atomic E-state index is 9.29. The first kappa shape index (κ1) is 11.2. The van der Waals surface area contributed by atoms with Crippen LogP contribution in [0.5, 0.6) is 5.75 Å². The summed E-state index contributed by atoms with van der Waals surface area (Å²) < 4.78 is 11.5. The molecule has 3 rings (SSSR count). The third-order valence-corrected chi connectivity index (χ3v) is 3.92. The average molecular weight is 241 g/mol. The first-order chi connectivity index (χ1) is 8.63. The summed E-state index contributed by atoms with van der Waals surface area (Å²) in [6.45, 7) is 4.69. The first-order valence-corrected chi connectivity index (χ1v) is 6.13. The predicted molar refractivity (Wildman–Crippen MR) is 67.0 cm³/mol. The highest BCUT2D eigenvalue weighted by Crippen LogP contribution is 2.48. The molecule has 92 valence electrons. The highest BCUT2D eigenvalue weighted by Gasteiger charge is 2.46. The molecule has 0 N–H and O–H groups in total. The van der Waals surface area contributed by atoms with Crippen LogP contribution in [0.1, 0.15) is 25.3 Å². The number of allylic oxidation sites excluding steroid dienone is 1. The molecule has 1 aromatic rings. The number of hydrogen-bond donors (Lipinski definition) is 0. The lowest BCUT2D eigenvalue weighted by Gasteiger charge is -2.44. The fourth-order valence-electron chi connectivity index (χ4n) is 2.82. The Labute approximate surface area is 107 Å². The molecular formula is C15H15NO2. The van der Waals surface area contributed by atoms with E-state index >= 15 is 0 Å². The van der Waals surface area contributed by atoms with Crippen molar-refractivity contribution in [1.82, 2.24) is 0 Å². The van der Waals surface area contributed by atoms with Gasteiger partial charge in [-0.1, -0.05) is 18.2 Å². The minimum absolute atomic E-state index is 0.0868.